The summed E-state index contributed by atoms with van der Waals surface area (Å²) in [7, 11) is 1.67. The lowest BCUT2D eigenvalue weighted by Crippen LogP contribution is -2.40. The van der Waals surface area contributed by atoms with Crippen LogP contribution in [-0.4, -0.2) is 61.3 Å². The van der Waals surface area contributed by atoms with Crippen LogP contribution in [0, 0.1) is 0 Å². The summed E-state index contributed by atoms with van der Waals surface area (Å²) in [5, 5.41) is 21.9. The highest BCUT2D eigenvalue weighted by Gasteiger charge is 2.54. The molecule has 3 rings (SSSR count). The zero-order chi connectivity index (χ0) is 17.5. The van der Waals surface area contributed by atoms with E-state index in [2.05, 4.69) is 20.3 Å². The first-order valence-electron chi connectivity index (χ1n) is 7.36. The number of hydrogen-bond acceptors (Lipinski definition) is 8. The molecule has 4 unspecified atom stereocenters. The van der Waals surface area contributed by atoms with Crippen LogP contribution in [0.15, 0.2) is 18.7 Å². The molecule has 2 aromatic heterocycles. The quantitative estimate of drug-likeness (QED) is 0.610. The van der Waals surface area contributed by atoms with Crippen LogP contribution in [0.25, 0.3) is 11.3 Å². The second-order valence-corrected chi connectivity index (χ2v) is 5.75. The number of anilines is 2. The fourth-order valence-corrected chi connectivity index (χ4v) is 2.70. The average molecular weight is 338 g/mol. The predicted molar refractivity (Wildman–Crippen MR) is 83.7 cm³/mol. The number of hydrogen-bond donors (Lipinski definition) is 4. The first-order valence-corrected chi connectivity index (χ1v) is 7.36. The van der Waals surface area contributed by atoms with Crippen molar-refractivity contribution in [1.29, 1.82) is 0 Å². The van der Waals surface area contributed by atoms with Crippen molar-refractivity contribution in [3.05, 3.63) is 18.7 Å². The number of aromatic nitrogens is 4. The van der Waals surface area contributed by atoms with Gasteiger partial charge < -0.3 is 30.6 Å². The van der Waals surface area contributed by atoms with E-state index in [1.807, 2.05) is 0 Å². The molecule has 1 saturated heterocycles. The van der Waals surface area contributed by atoms with E-state index in [-0.39, 0.29) is 5.82 Å². The van der Waals surface area contributed by atoms with Crippen molar-refractivity contribution in [3.8, 4) is 11.3 Å². The standard InChI is InChI=1S/C14H19FN6O3/c1-14(15)10(23)9(5-22)24-12(14)21-4-8(19-6-21)7-3-18-13(17-2)20-11(7)16/h3-4,6,9-10,12,22-23H,5H2,1-2H3,(H3,16,17,18,20). The summed E-state index contributed by atoms with van der Waals surface area (Å²) < 4.78 is 21.6. The molecule has 2 aromatic rings. The highest BCUT2D eigenvalue weighted by atomic mass is 19.1. The smallest absolute Gasteiger partial charge is 0.224 e. The summed E-state index contributed by atoms with van der Waals surface area (Å²) >= 11 is 0. The van der Waals surface area contributed by atoms with Gasteiger partial charge in [-0.1, -0.05) is 0 Å². The molecular weight excluding hydrogens is 319 g/mol. The predicted octanol–water partition coefficient (Wildman–Crippen LogP) is -0.0572. The van der Waals surface area contributed by atoms with Crippen molar-refractivity contribution in [2.45, 2.75) is 31.0 Å². The van der Waals surface area contributed by atoms with Crippen LogP contribution in [0.5, 0.6) is 0 Å². The van der Waals surface area contributed by atoms with Crippen LogP contribution in [0.2, 0.25) is 0 Å². The molecule has 0 spiro atoms. The maximum Gasteiger partial charge on any atom is 0.224 e. The van der Waals surface area contributed by atoms with Crippen LogP contribution in [0.3, 0.4) is 0 Å². The van der Waals surface area contributed by atoms with Crippen molar-refractivity contribution >= 4 is 11.8 Å². The molecular formula is C14H19FN6O3. The van der Waals surface area contributed by atoms with Crippen molar-refractivity contribution in [1.82, 2.24) is 19.5 Å². The number of rotatable bonds is 4. The SMILES string of the molecule is CNc1ncc(-c2cn(C3OC(CO)C(O)C3(C)F)cn2)c(N)n1. The maximum atomic E-state index is 14.8. The Morgan fingerprint density at radius 2 is 2.25 bits per heavy atom. The fraction of sp³-hybridized carbons (Fsp3) is 0.500. The van der Waals surface area contributed by atoms with Gasteiger partial charge in [0.25, 0.3) is 0 Å². The Hall–Kier alpha value is -2.30. The Balaban J connectivity index is 1.91. The van der Waals surface area contributed by atoms with Crippen molar-refractivity contribution in [2.75, 3.05) is 24.7 Å². The van der Waals surface area contributed by atoms with Gasteiger partial charge in [-0.05, 0) is 6.92 Å². The monoisotopic (exact) mass is 338 g/mol. The van der Waals surface area contributed by atoms with Crippen LogP contribution >= 0.6 is 0 Å². The van der Waals surface area contributed by atoms with E-state index in [0.717, 1.165) is 0 Å². The van der Waals surface area contributed by atoms with Crippen molar-refractivity contribution < 1.29 is 19.3 Å². The highest BCUT2D eigenvalue weighted by molar-refractivity contribution is 5.70. The maximum absolute atomic E-state index is 14.8. The first-order chi connectivity index (χ1) is 11.4. The third kappa shape index (κ3) is 2.58. The molecule has 24 heavy (non-hydrogen) atoms. The lowest BCUT2D eigenvalue weighted by atomic mass is 9.99. The number of aliphatic hydroxyl groups excluding tert-OH is 2. The minimum atomic E-state index is -2.08. The largest absolute Gasteiger partial charge is 0.394 e. The minimum absolute atomic E-state index is 0.225. The Morgan fingerprint density at radius 3 is 2.83 bits per heavy atom. The van der Waals surface area contributed by atoms with E-state index < -0.39 is 30.7 Å². The molecule has 0 aromatic carbocycles. The first kappa shape index (κ1) is 16.6. The normalized spacial score (nSPS) is 29.8. The molecule has 9 nitrogen and oxygen atoms in total. The zero-order valence-corrected chi connectivity index (χ0v) is 13.2. The number of nitrogens with two attached hydrogens (primary N) is 1. The van der Waals surface area contributed by atoms with E-state index in [1.165, 1.54) is 30.2 Å². The third-order valence-corrected chi connectivity index (χ3v) is 4.09. The number of halogens is 1. The lowest BCUT2D eigenvalue weighted by molar-refractivity contribution is -0.0586. The molecule has 10 heteroatoms. The average Bonchev–Trinajstić information content (AvgIpc) is 3.11. The second kappa shape index (κ2) is 5.96. The molecule has 0 bridgehead atoms. The number of ether oxygens (including phenoxy) is 1. The summed E-state index contributed by atoms with van der Waals surface area (Å²) in [6, 6.07) is 0. The summed E-state index contributed by atoms with van der Waals surface area (Å²) in [6.45, 7) is 0.738. The number of nitrogens with zero attached hydrogens (tertiary/aromatic N) is 4. The summed E-state index contributed by atoms with van der Waals surface area (Å²) in [5.41, 5.74) is 4.74. The van der Waals surface area contributed by atoms with Gasteiger partial charge in [-0.15, -0.1) is 0 Å². The Morgan fingerprint density at radius 1 is 1.50 bits per heavy atom. The van der Waals surface area contributed by atoms with Crippen LogP contribution in [0.1, 0.15) is 13.2 Å². The molecule has 130 valence electrons. The van der Waals surface area contributed by atoms with Gasteiger partial charge in [0.05, 0.1) is 24.2 Å². The van der Waals surface area contributed by atoms with Gasteiger partial charge in [-0.25, -0.2) is 14.4 Å². The Kier molecular flexibility index (Phi) is 4.11. The number of nitrogen functional groups attached to an aromatic ring is 1. The van der Waals surface area contributed by atoms with Gasteiger partial charge in [0.1, 0.15) is 18.0 Å². The number of aliphatic hydroxyl groups is 2. The Bertz CT molecular complexity index is 737. The summed E-state index contributed by atoms with van der Waals surface area (Å²) in [6.07, 6.45) is 0.847. The van der Waals surface area contributed by atoms with Gasteiger partial charge in [-0.2, -0.15) is 4.98 Å². The van der Waals surface area contributed by atoms with Crippen LogP contribution in [0.4, 0.5) is 16.2 Å². The van der Waals surface area contributed by atoms with Gasteiger partial charge in [0.15, 0.2) is 11.9 Å². The molecule has 0 amide bonds. The third-order valence-electron chi connectivity index (χ3n) is 4.09. The van der Waals surface area contributed by atoms with E-state index in [0.29, 0.717) is 17.2 Å². The molecule has 3 heterocycles. The topological polar surface area (TPSA) is 131 Å². The Labute approximate surface area is 137 Å². The van der Waals surface area contributed by atoms with Crippen molar-refractivity contribution in [3.63, 3.8) is 0 Å². The molecule has 0 radical (unpaired) electrons. The molecule has 1 aliphatic heterocycles. The number of alkyl halides is 1. The van der Waals surface area contributed by atoms with Crippen LogP contribution < -0.4 is 11.1 Å². The van der Waals surface area contributed by atoms with Gasteiger partial charge in [0.2, 0.25) is 5.95 Å². The summed E-state index contributed by atoms with van der Waals surface area (Å²) in [5.74, 6) is 0.600. The van der Waals surface area contributed by atoms with E-state index in [1.54, 1.807) is 7.05 Å². The van der Waals surface area contributed by atoms with Crippen molar-refractivity contribution in [2.24, 2.45) is 0 Å². The molecule has 1 aliphatic rings. The number of nitrogens with one attached hydrogen (secondary N) is 1. The fourth-order valence-electron chi connectivity index (χ4n) is 2.70. The second-order valence-electron chi connectivity index (χ2n) is 5.75. The highest BCUT2D eigenvalue weighted by Crippen LogP contribution is 2.41. The van der Waals surface area contributed by atoms with E-state index in [4.69, 9.17) is 10.5 Å². The van der Waals surface area contributed by atoms with Gasteiger partial charge >= 0.3 is 0 Å². The molecule has 5 N–H and O–H groups in total. The molecule has 1 fully saturated rings. The minimum Gasteiger partial charge on any atom is -0.394 e. The van der Waals surface area contributed by atoms with E-state index in [9.17, 15) is 14.6 Å². The lowest BCUT2D eigenvalue weighted by Gasteiger charge is -2.24. The van der Waals surface area contributed by atoms with Gasteiger partial charge in [-0.3, -0.25) is 0 Å². The molecule has 0 saturated carbocycles. The summed E-state index contributed by atoms with van der Waals surface area (Å²) in [4.78, 5) is 12.3. The molecule has 0 aliphatic carbocycles. The zero-order valence-electron chi connectivity index (χ0n) is 13.2. The molecule has 4 atom stereocenters. The van der Waals surface area contributed by atoms with E-state index >= 15 is 0 Å². The van der Waals surface area contributed by atoms with Crippen LogP contribution in [-0.2, 0) is 4.74 Å². The van der Waals surface area contributed by atoms with Gasteiger partial charge in [0, 0.05) is 19.4 Å². The number of imidazole rings is 1.